The standard InChI is InChI=1S/C29H30N4O4S/c1-2-38(35,36)26-9-7-21(8-10-26)15-32-29(34)24-13-25-18-33(17-22-5-3-20(14-30)4-6-22)28(27(25)31-16-24)23-11-12-37-19-23/h3-10,13,16,23,28H,2,11-12,15,17-19H2,1H3,(H,32,34)/t23-,28+/m1/s1. The first-order chi connectivity index (χ1) is 18.4. The van der Waals surface area contributed by atoms with Crippen LogP contribution in [0.5, 0.6) is 0 Å². The molecule has 2 aliphatic rings. The molecule has 9 heteroatoms. The fraction of sp³-hybridized carbons (Fsp3) is 0.345. The third kappa shape index (κ3) is 5.48. The fourth-order valence-electron chi connectivity index (χ4n) is 5.19. The highest BCUT2D eigenvalue weighted by Gasteiger charge is 2.39. The zero-order valence-electron chi connectivity index (χ0n) is 21.3. The lowest BCUT2D eigenvalue weighted by Crippen LogP contribution is -2.28. The Hall–Kier alpha value is -3.58. The van der Waals surface area contributed by atoms with Crippen molar-refractivity contribution in [3.63, 3.8) is 0 Å². The molecule has 2 aliphatic heterocycles. The molecule has 0 spiro atoms. The van der Waals surface area contributed by atoms with Crippen molar-refractivity contribution in [2.45, 2.75) is 43.9 Å². The summed E-state index contributed by atoms with van der Waals surface area (Å²) in [6.07, 6.45) is 2.61. The lowest BCUT2D eigenvalue weighted by molar-refractivity contribution is 0.0950. The maximum Gasteiger partial charge on any atom is 0.253 e. The molecule has 196 valence electrons. The Morgan fingerprint density at radius 2 is 1.89 bits per heavy atom. The van der Waals surface area contributed by atoms with Gasteiger partial charge < -0.3 is 10.1 Å². The summed E-state index contributed by atoms with van der Waals surface area (Å²) in [7, 11) is -3.25. The normalized spacial score (nSPS) is 19.2. The van der Waals surface area contributed by atoms with Crippen molar-refractivity contribution in [1.29, 1.82) is 5.26 Å². The van der Waals surface area contributed by atoms with Crippen molar-refractivity contribution in [3.8, 4) is 6.07 Å². The lowest BCUT2D eigenvalue weighted by Gasteiger charge is -2.28. The van der Waals surface area contributed by atoms with Gasteiger partial charge >= 0.3 is 0 Å². The number of nitriles is 1. The molecule has 2 atom stereocenters. The van der Waals surface area contributed by atoms with Crippen LogP contribution in [0.2, 0.25) is 0 Å². The van der Waals surface area contributed by atoms with Crippen LogP contribution in [0.1, 0.15) is 57.7 Å². The molecule has 0 unspecified atom stereocenters. The molecule has 1 amide bonds. The van der Waals surface area contributed by atoms with Crippen LogP contribution in [0.25, 0.3) is 0 Å². The number of amides is 1. The van der Waals surface area contributed by atoms with Crippen molar-refractivity contribution >= 4 is 15.7 Å². The topological polar surface area (TPSA) is 112 Å². The van der Waals surface area contributed by atoms with Crippen LogP contribution < -0.4 is 5.32 Å². The van der Waals surface area contributed by atoms with Crippen molar-refractivity contribution in [1.82, 2.24) is 15.2 Å². The number of sulfone groups is 1. The average Bonchev–Trinajstić information content (AvgIpc) is 3.59. The van der Waals surface area contributed by atoms with E-state index in [2.05, 4.69) is 16.3 Å². The number of aromatic nitrogens is 1. The lowest BCUT2D eigenvalue weighted by atomic mass is 9.95. The Balaban J connectivity index is 1.30. The highest BCUT2D eigenvalue weighted by Crippen LogP contribution is 2.41. The van der Waals surface area contributed by atoms with Gasteiger partial charge in [-0.25, -0.2) is 8.42 Å². The van der Waals surface area contributed by atoms with Crippen LogP contribution in [-0.4, -0.2) is 43.2 Å². The molecule has 1 aromatic heterocycles. The molecule has 3 heterocycles. The van der Waals surface area contributed by atoms with Crippen molar-refractivity contribution in [3.05, 3.63) is 94.3 Å². The minimum Gasteiger partial charge on any atom is -0.381 e. The predicted octanol–water partition coefficient (Wildman–Crippen LogP) is 3.77. The molecule has 3 aromatic rings. The monoisotopic (exact) mass is 530 g/mol. The summed E-state index contributed by atoms with van der Waals surface area (Å²) in [5, 5.41) is 12.0. The van der Waals surface area contributed by atoms with Gasteiger partial charge in [0.25, 0.3) is 5.91 Å². The van der Waals surface area contributed by atoms with Crippen LogP contribution in [0.3, 0.4) is 0 Å². The molecule has 0 bridgehead atoms. The number of benzene rings is 2. The first kappa shape index (κ1) is 26.0. The number of pyridine rings is 1. The van der Waals surface area contributed by atoms with Crippen LogP contribution in [0.15, 0.2) is 65.7 Å². The molecule has 0 radical (unpaired) electrons. The zero-order valence-corrected chi connectivity index (χ0v) is 22.1. The predicted molar refractivity (Wildman–Crippen MR) is 142 cm³/mol. The molecule has 38 heavy (non-hydrogen) atoms. The number of hydrogen-bond acceptors (Lipinski definition) is 7. The minimum atomic E-state index is -3.25. The highest BCUT2D eigenvalue weighted by molar-refractivity contribution is 7.91. The molecule has 0 saturated carbocycles. The van der Waals surface area contributed by atoms with E-state index in [9.17, 15) is 13.2 Å². The third-order valence-electron chi connectivity index (χ3n) is 7.31. The zero-order chi connectivity index (χ0) is 26.7. The van der Waals surface area contributed by atoms with Gasteiger partial charge in [0.1, 0.15) is 0 Å². The highest BCUT2D eigenvalue weighted by atomic mass is 32.2. The van der Waals surface area contributed by atoms with Crippen molar-refractivity contribution < 1.29 is 17.9 Å². The first-order valence-corrected chi connectivity index (χ1v) is 14.4. The SMILES string of the molecule is CCS(=O)(=O)c1ccc(CNC(=O)c2cnc3c(c2)CN(Cc2ccc(C#N)cc2)[C@H]3[C@@H]2CCOC2)cc1. The Bertz CT molecular complexity index is 1460. The van der Waals surface area contributed by atoms with Gasteiger partial charge in [0.15, 0.2) is 9.84 Å². The van der Waals surface area contributed by atoms with E-state index in [0.717, 1.165) is 35.4 Å². The molecule has 8 nitrogen and oxygen atoms in total. The number of carbonyl (C=O) groups is 1. The summed E-state index contributed by atoms with van der Waals surface area (Å²) in [5.41, 5.74) is 5.11. The van der Waals surface area contributed by atoms with E-state index in [0.29, 0.717) is 36.7 Å². The van der Waals surface area contributed by atoms with Gasteiger partial charge in [-0.3, -0.25) is 14.7 Å². The number of fused-ring (bicyclic) bond motifs is 1. The van der Waals surface area contributed by atoms with Crippen LogP contribution in [0, 0.1) is 17.2 Å². The minimum absolute atomic E-state index is 0.0495. The molecule has 1 N–H and O–H groups in total. The Morgan fingerprint density at radius 1 is 1.16 bits per heavy atom. The van der Waals surface area contributed by atoms with Gasteiger partial charge in [0.2, 0.25) is 0 Å². The van der Waals surface area contributed by atoms with Crippen LogP contribution in [-0.2, 0) is 34.2 Å². The van der Waals surface area contributed by atoms with Gasteiger partial charge in [0.05, 0.1) is 46.2 Å². The van der Waals surface area contributed by atoms with Gasteiger partial charge in [-0.1, -0.05) is 31.2 Å². The van der Waals surface area contributed by atoms with Gasteiger partial charge in [-0.05, 0) is 53.4 Å². The maximum atomic E-state index is 13.0. The maximum absolute atomic E-state index is 13.0. The van der Waals surface area contributed by atoms with Gasteiger partial charge in [0, 0.05) is 38.4 Å². The third-order valence-corrected chi connectivity index (χ3v) is 9.06. The van der Waals surface area contributed by atoms with E-state index >= 15 is 0 Å². The summed E-state index contributed by atoms with van der Waals surface area (Å²) in [5.74, 6) is 0.159. The van der Waals surface area contributed by atoms with Crippen LogP contribution in [0.4, 0.5) is 0 Å². The summed E-state index contributed by atoms with van der Waals surface area (Å²) < 4.78 is 29.7. The molecule has 0 aliphatic carbocycles. The molecular formula is C29H30N4O4S. The molecular weight excluding hydrogens is 500 g/mol. The largest absolute Gasteiger partial charge is 0.381 e. The van der Waals surface area contributed by atoms with E-state index in [1.165, 1.54) is 0 Å². The summed E-state index contributed by atoms with van der Waals surface area (Å²) >= 11 is 0. The molecule has 5 rings (SSSR count). The number of nitrogens with one attached hydrogen (secondary N) is 1. The van der Waals surface area contributed by atoms with E-state index < -0.39 is 9.84 Å². The Kier molecular flexibility index (Phi) is 7.56. The Morgan fingerprint density at radius 3 is 2.55 bits per heavy atom. The number of hydrogen-bond donors (Lipinski definition) is 1. The number of carbonyl (C=O) groups excluding carboxylic acids is 1. The molecule has 1 fully saturated rings. The quantitative estimate of drug-likeness (QED) is 0.472. The van der Waals surface area contributed by atoms with E-state index in [4.69, 9.17) is 15.0 Å². The van der Waals surface area contributed by atoms with Gasteiger partial charge in [-0.2, -0.15) is 5.26 Å². The van der Waals surface area contributed by atoms with E-state index in [1.54, 1.807) is 37.4 Å². The van der Waals surface area contributed by atoms with Gasteiger partial charge in [-0.15, -0.1) is 0 Å². The Labute approximate surface area is 223 Å². The van der Waals surface area contributed by atoms with Crippen molar-refractivity contribution in [2.24, 2.45) is 5.92 Å². The summed E-state index contributed by atoms with van der Waals surface area (Å²) in [6.45, 7) is 4.73. The fourth-order valence-corrected chi connectivity index (χ4v) is 6.07. The number of rotatable bonds is 8. The average molecular weight is 531 g/mol. The number of ether oxygens (including phenoxy) is 1. The van der Waals surface area contributed by atoms with E-state index in [-0.39, 0.29) is 29.1 Å². The first-order valence-electron chi connectivity index (χ1n) is 12.8. The number of nitrogens with zero attached hydrogens (tertiary/aromatic N) is 3. The smallest absolute Gasteiger partial charge is 0.253 e. The second-order valence-electron chi connectivity index (χ2n) is 9.78. The van der Waals surface area contributed by atoms with Crippen molar-refractivity contribution in [2.75, 3.05) is 19.0 Å². The molecule has 2 aromatic carbocycles. The summed E-state index contributed by atoms with van der Waals surface area (Å²) in [4.78, 5) is 20.4. The molecule has 1 saturated heterocycles. The second-order valence-corrected chi connectivity index (χ2v) is 12.1. The second kappa shape index (κ2) is 11.0. The van der Waals surface area contributed by atoms with E-state index in [1.807, 2.05) is 30.3 Å². The summed E-state index contributed by atoms with van der Waals surface area (Å²) in [6, 6.07) is 18.4. The van der Waals surface area contributed by atoms with Crippen LogP contribution >= 0.6 is 0 Å².